The fourth-order valence-corrected chi connectivity index (χ4v) is 4.80. The molecule has 0 saturated heterocycles. The molecular weight excluding hydrogens is 554 g/mol. The summed E-state index contributed by atoms with van der Waals surface area (Å²) in [6.07, 6.45) is 4.53. The molecule has 3 amide bonds. The summed E-state index contributed by atoms with van der Waals surface area (Å²) in [5, 5.41) is 23.6. The Kier molecular flexibility index (Phi) is 11.0. The lowest BCUT2D eigenvalue weighted by atomic mass is 9.95. The molecule has 0 fully saturated rings. The van der Waals surface area contributed by atoms with Crippen molar-refractivity contribution < 1.29 is 29.1 Å². The van der Waals surface area contributed by atoms with Gasteiger partial charge in [-0.2, -0.15) is 0 Å². The van der Waals surface area contributed by atoms with Gasteiger partial charge in [-0.3, -0.25) is 24.3 Å². The van der Waals surface area contributed by atoms with E-state index in [2.05, 4.69) is 25.9 Å². The number of carbonyl (C=O) groups excluding carboxylic acids is 4. The van der Waals surface area contributed by atoms with E-state index < -0.39 is 23.8 Å². The molecule has 4 rings (SSSR count). The van der Waals surface area contributed by atoms with Crippen LogP contribution in [0, 0.1) is 5.92 Å². The van der Waals surface area contributed by atoms with E-state index in [-0.39, 0.29) is 37.6 Å². The van der Waals surface area contributed by atoms with Crippen LogP contribution in [0.4, 0.5) is 0 Å². The maximum atomic E-state index is 12.8. The van der Waals surface area contributed by atoms with Crippen LogP contribution in [0.2, 0.25) is 0 Å². The number of amides is 3. The van der Waals surface area contributed by atoms with E-state index in [4.69, 9.17) is 9.94 Å². The van der Waals surface area contributed by atoms with E-state index in [1.807, 2.05) is 60.8 Å². The average molecular weight is 590 g/mol. The lowest BCUT2D eigenvalue weighted by Gasteiger charge is -2.16. The SMILES string of the molecule is COC(=O)[C@H](Cc1c[nH]c2ccccc12)NC(=O)CCCn1cc(CNC(=O)C(CC(=O)NO)Cc2ccccc2)nn1. The molecule has 226 valence electrons. The average Bonchev–Trinajstić information content (AvgIpc) is 3.66. The molecular formula is C30H35N7O6. The van der Waals surface area contributed by atoms with Gasteiger partial charge in [0.05, 0.1) is 25.8 Å². The van der Waals surface area contributed by atoms with Crippen molar-refractivity contribution in [3.05, 3.63) is 83.8 Å². The van der Waals surface area contributed by atoms with Crippen molar-refractivity contribution >= 4 is 34.6 Å². The van der Waals surface area contributed by atoms with E-state index in [9.17, 15) is 19.2 Å². The molecule has 2 heterocycles. The zero-order chi connectivity index (χ0) is 30.6. The fraction of sp³-hybridized carbons (Fsp3) is 0.333. The highest BCUT2D eigenvalue weighted by Crippen LogP contribution is 2.19. The van der Waals surface area contributed by atoms with Crippen LogP contribution in [-0.2, 0) is 49.8 Å². The van der Waals surface area contributed by atoms with Crippen molar-refractivity contribution in [1.82, 2.24) is 36.1 Å². The normalized spacial score (nSPS) is 12.3. The molecule has 4 aromatic rings. The summed E-state index contributed by atoms with van der Waals surface area (Å²) in [7, 11) is 1.29. The number of aryl methyl sites for hydroxylation is 1. The molecule has 0 aliphatic carbocycles. The van der Waals surface area contributed by atoms with Crippen molar-refractivity contribution in [2.75, 3.05) is 7.11 Å². The van der Waals surface area contributed by atoms with Gasteiger partial charge >= 0.3 is 5.97 Å². The summed E-state index contributed by atoms with van der Waals surface area (Å²) in [6, 6.07) is 16.2. The highest BCUT2D eigenvalue weighted by atomic mass is 16.5. The van der Waals surface area contributed by atoms with Gasteiger partial charge in [0.1, 0.15) is 11.7 Å². The molecule has 2 atom stereocenters. The van der Waals surface area contributed by atoms with E-state index in [1.165, 1.54) is 7.11 Å². The maximum Gasteiger partial charge on any atom is 0.328 e. The van der Waals surface area contributed by atoms with E-state index >= 15 is 0 Å². The van der Waals surface area contributed by atoms with Crippen molar-refractivity contribution in [1.29, 1.82) is 0 Å². The minimum absolute atomic E-state index is 0.0972. The molecule has 2 aromatic carbocycles. The first-order valence-corrected chi connectivity index (χ1v) is 13.9. The van der Waals surface area contributed by atoms with Crippen LogP contribution in [0.15, 0.2) is 67.0 Å². The van der Waals surface area contributed by atoms with Gasteiger partial charge in [0.15, 0.2) is 0 Å². The molecule has 0 saturated carbocycles. The molecule has 0 bridgehead atoms. The van der Waals surface area contributed by atoms with Gasteiger partial charge in [-0.25, -0.2) is 10.3 Å². The summed E-state index contributed by atoms with van der Waals surface area (Å²) in [4.78, 5) is 52.8. The Morgan fingerprint density at radius 2 is 1.79 bits per heavy atom. The zero-order valence-corrected chi connectivity index (χ0v) is 23.8. The molecule has 5 N–H and O–H groups in total. The summed E-state index contributed by atoms with van der Waals surface area (Å²) < 4.78 is 6.48. The Morgan fingerprint density at radius 1 is 1.02 bits per heavy atom. The standard InChI is InChI=1S/C30H35N7O6/c1-43-30(41)26(15-22-17-31-25-11-6-5-10-24(22)25)33-27(38)12-7-13-37-19-23(34-36-37)18-32-29(40)21(16-28(39)35-42)14-20-8-3-2-4-9-20/h2-6,8-11,17,19,21,26,31,42H,7,12-16,18H2,1H3,(H,32,40)(H,33,38)(H,35,39)/t21?,26-/m0/s1. The van der Waals surface area contributed by atoms with Crippen LogP contribution in [-0.4, -0.2) is 62.0 Å². The predicted octanol–water partition coefficient (Wildman–Crippen LogP) is 1.81. The highest BCUT2D eigenvalue weighted by molar-refractivity contribution is 5.87. The second kappa shape index (κ2) is 15.3. The number of nitrogens with zero attached hydrogens (tertiary/aromatic N) is 3. The van der Waals surface area contributed by atoms with E-state index in [0.717, 1.165) is 22.0 Å². The second-order valence-corrected chi connectivity index (χ2v) is 10.1. The number of hydroxylamine groups is 1. The monoisotopic (exact) mass is 589 g/mol. The summed E-state index contributed by atoms with van der Waals surface area (Å²) >= 11 is 0. The van der Waals surface area contributed by atoms with Gasteiger partial charge in [0.25, 0.3) is 0 Å². The highest BCUT2D eigenvalue weighted by Gasteiger charge is 2.24. The third-order valence-electron chi connectivity index (χ3n) is 6.99. The van der Waals surface area contributed by atoms with Crippen molar-refractivity contribution in [3.63, 3.8) is 0 Å². The number of carbonyl (C=O) groups is 4. The van der Waals surface area contributed by atoms with Gasteiger partial charge in [0, 0.05) is 42.9 Å². The van der Waals surface area contributed by atoms with Crippen LogP contribution < -0.4 is 16.1 Å². The first-order chi connectivity index (χ1) is 20.9. The van der Waals surface area contributed by atoms with Gasteiger partial charge in [0.2, 0.25) is 17.7 Å². The van der Waals surface area contributed by atoms with Crippen LogP contribution >= 0.6 is 0 Å². The molecule has 13 heteroatoms. The Morgan fingerprint density at radius 3 is 2.56 bits per heavy atom. The fourth-order valence-electron chi connectivity index (χ4n) is 4.80. The first kappa shape index (κ1) is 30.9. The quantitative estimate of drug-likeness (QED) is 0.0791. The predicted molar refractivity (Wildman–Crippen MR) is 155 cm³/mol. The number of ether oxygens (including phenoxy) is 1. The Labute approximate surface area is 247 Å². The minimum atomic E-state index is -0.826. The van der Waals surface area contributed by atoms with Gasteiger partial charge in [-0.15, -0.1) is 5.10 Å². The number of benzene rings is 2. The number of aromatic nitrogens is 4. The first-order valence-electron chi connectivity index (χ1n) is 13.9. The van der Waals surface area contributed by atoms with Crippen LogP contribution in [0.5, 0.6) is 0 Å². The molecule has 0 radical (unpaired) electrons. The molecule has 0 aliphatic heterocycles. The smallest absolute Gasteiger partial charge is 0.328 e. The number of aromatic amines is 1. The zero-order valence-electron chi connectivity index (χ0n) is 23.8. The number of para-hydroxylation sites is 1. The Bertz CT molecular complexity index is 1530. The third-order valence-corrected chi connectivity index (χ3v) is 6.99. The van der Waals surface area contributed by atoms with Crippen molar-refractivity contribution in [2.24, 2.45) is 5.92 Å². The van der Waals surface area contributed by atoms with Crippen molar-refractivity contribution in [3.8, 4) is 0 Å². The van der Waals surface area contributed by atoms with Crippen LogP contribution in [0.1, 0.15) is 36.1 Å². The van der Waals surface area contributed by atoms with E-state index in [1.54, 1.807) is 16.4 Å². The molecule has 0 spiro atoms. The van der Waals surface area contributed by atoms with Crippen LogP contribution in [0.25, 0.3) is 10.9 Å². The van der Waals surface area contributed by atoms with Gasteiger partial charge < -0.3 is 20.4 Å². The van der Waals surface area contributed by atoms with Gasteiger partial charge in [-0.05, 0) is 30.0 Å². The number of H-pyrrole nitrogens is 1. The summed E-state index contributed by atoms with van der Waals surface area (Å²) in [5.74, 6) is -2.51. The summed E-state index contributed by atoms with van der Waals surface area (Å²) in [6.45, 7) is 0.493. The van der Waals surface area contributed by atoms with E-state index in [0.29, 0.717) is 25.1 Å². The molecule has 1 unspecified atom stereocenters. The number of hydrogen-bond acceptors (Lipinski definition) is 8. The number of nitrogens with one attached hydrogen (secondary N) is 4. The molecule has 0 aliphatic rings. The lowest BCUT2D eigenvalue weighted by molar-refractivity contribution is -0.145. The Balaban J connectivity index is 1.24. The summed E-state index contributed by atoms with van der Waals surface area (Å²) in [5.41, 5.74) is 4.82. The molecule has 13 nitrogen and oxygen atoms in total. The molecule has 2 aromatic heterocycles. The number of methoxy groups -OCH3 is 1. The number of hydrogen-bond donors (Lipinski definition) is 5. The third kappa shape index (κ3) is 8.97. The minimum Gasteiger partial charge on any atom is -0.467 e. The number of rotatable bonds is 15. The van der Waals surface area contributed by atoms with Gasteiger partial charge in [-0.1, -0.05) is 53.7 Å². The Hall–Kier alpha value is -5.04. The second-order valence-electron chi connectivity index (χ2n) is 10.1. The lowest BCUT2D eigenvalue weighted by Crippen LogP contribution is -2.43. The topological polar surface area (TPSA) is 180 Å². The molecule has 43 heavy (non-hydrogen) atoms. The van der Waals surface area contributed by atoms with Crippen molar-refractivity contribution in [2.45, 2.75) is 51.2 Å². The maximum absolute atomic E-state index is 12.8. The van der Waals surface area contributed by atoms with Crippen LogP contribution in [0.3, 0.4) is 0 Å². The number of esters is 1. The number of fused-ring (bicyclic) bond motifs is 1. The largest absolute Gasteiger partial charge is 0.467 e.